The molecular weight excluding hydrogens is 285 g/mol. The van der Waals surface area contributed by atoms with Gasteiger partial charge in [-0.15, -0.1) is 0 Å². The third kappa shape index (κ3) is 2.55. The number of nitrogens with one attached hydrogen (secondary N) is 1. The molecule has 0 bridgehead atoms. The zero-order chi connectivity index (χ0) is 15.7. The Balaban J connectivity index is 1.88. The Hall–Kier alpha value is -2.40. The lowest BCUT2D eigenvalue weighted by atomic mass is 10.1. The first kappa shape index (κ1) is 14.5. The summed E-state index contributed by atoms with van der Waals surface area (Å²) in [4.78, 5) is 12.4. The van der Waals surface area contributed by atoms with E-state index in [1.54, 1.807) is 0 Å². The van der Waals surface area contributed by atoms with Crippen LogP contribution in [0.3, 0.4) is 0 Å². The molecule has 22 heavy (non-hydrogen) atoms. The second-order valence-electron chi connectivity index (χ2n) is 5.27. The molecule has 0 unspecified atom stereocenters. The third-order valence-corrected chi connectivity index (χ3v) is 3.90. The average molecular weight is 301 g/mol. The first-order chi connectivity index (χ1) is 10.6. The van der Waals surface area contributed by atoms with Crippen molar-refractivity contribution in [1.29, 1.82) is 0 Å². The van der Waals surface area contributed by atoms with Crippen LogP contribution in [0.25, 0.3) is 0 Å². The Kier molecular flexibility index (Phi) is 3.81. The fourth-order valence-corrected chi connectivity index (χ4v) is 2.82. The maximum Gasteiger partial charge on any atom is 0.255 e. The van der Waals surface area contributed by atoms with Gasteiger partial charge in [-0.05, 0) is 29.3 Å². The molecule has 0 aromatic heterocycles. The fraction of sp³-hybridized carbons (Fsp3) is 0.235. The van der Waals surface area contributed by atoms with Crippen molar-refractivity contribution in [3.8, 4) is 5.75 Å². The molecule has 0 aliphatic heterocycles. The van der Waals surface area contributed by atoms with Gasteiger partial charge in [0.05, 0.1) is 24.8 Å². The molecule has 0 saturated heterocycles. The number of hydrogen-bond acceptors (Lipinski definition) is 3. The van der Waals surface area contributed by atoms with Crippen molar-refractivity contribution in [3.05, 3.63) is 65.0 Å². The first-order valence-corrected chi connectivity index (χ1v) is 7.00. The van der Waals surface area contributed by atoms with E-state index in [4.69, 9.17) is 4.74 Å². The second-order valence-corrected chi connectivity index (χ2v) is 5.27. The maximum absolute atomic E-state index is 13.4. The summed E-state index contributed by atoms with van der Waals surface area (Å²) in [7, 11) is 1.42. The molecule has 0 saturated carbocycles. The average Bonchev–Trinajstić information content (AvgIpc) is 2.83. The number of rotatable bonds is 3. The van der Waals surface area contributed by atoms with Crippen molar-refractivity contribution < 1.29 is 19.0 Å². The molecule has 5 heteroatoms. The van der Waals surface area contributed by atoms with Gasteiger partial charge in [0.1, 0.15) is 11.6 Å². The van der Waals surface area contributed by atoms with Gasteiger partial charge >= 0.3 is 0 Å². The summed E-state index contributed by atoms with van der Waals surface area (Å²) >= 11 is 0. The quantitative estimate of drug-likeness (QED) is 0.914. The van der Waals surface area contributed by atoms with E-state index in [2.05, 4.69) is 5.32 Å². The number of ether oxygens (including phenoxy) is 1. The smallest absolute Gasteiger partial charge is 0.255 e. The minimum atomic E-state index is -0.694. The summed E-state index contributed by atoms with van der Waals surface area (Å²) < 4.78 is 18.5. The van der Waals surface area contributed by atoms with Gasteiger partial charge in [-0.25, -0.2) is 4.39 Å². The highest BCUT2D eigenvalue weighted by atomic mass is 19.1. The van der Waals surface area contributed by atoms with Crippen molar-refractivity contribution in [2.24, 2.45) is 0 Å². The summed E-state index contributed by atoms with van der Waals surface area (Å²) in [5.74, 6) is -0.699. The number of fused-ring (bicyclic) bond motifs is 1. The molecule has 0 heterocycles. The summed E-state index contributed by atoms with van der Waals surface area (Å²) in [6.07, 6.45) is -0.206. The largest absolute Gasteiger partial charge is 0.496 e. The Morgan fingerprint density at radius 2 is 2.09 bits per heavy atom. The van der Waals surface area contributed by atoms with E-state index >= 15 is 0 Å². The van der Waals surface area contributed by atoms with Crippen LogP contribution in [0.1, 0.15) is 27.5 Å². The molecule has 3 rings (SSSR count). The first-order valence-electron chi connectivity index (χ1n) is 7.00. The number of hydrogen-bond donors (Lipinski definition) is 2. The van der Waals surface area contributed by atoms with Crippen molar-refractivity contribution >= 4 is 5.91 Å². The van der Waals surface area contributed by atoms with Gasteiger partial charge in [-0.1, -0.05) is 24.3 Å². The number of methoxy groups -OCH3 is 1. The normalized spacial score (nSPS) is 19.6. The van der Waals surface area contributed by atoms with Crippen LogP contribution >= 0.6 is 0 Å². The van der Waals surface area contributed by atoms with Crippen LogP contribution in [0, 0.1) is 5.82 Å². The summed E-state index contributed by atoms with van der Waals surface area (Å²) in [5.41, 5.74) is 2.00. The van der Waals surface area contributed by atoms with E-state index in [1.165, 1.54) is 19.2 Å². The van der Waals surface area contributed by atoms with Crippen LogP contribution in [0.2, 0.25) is 0 Å². The lowest BCUT2D eigenvalue weighted by Crippen LogP contribution is -2.34. The molecule has 114 valence electrons. The number of benzene rings is 2. The van der Waals surface area contributed by atoms with E-state index < -0.39 is 23.9 Å². The van der Waals surface area contributed by atoms with E-state index in [9.17, 15) is 14.3 Å². The number of amides is 1. The van der Waals surface area contributed by atoms with E-state index in [-0.39, 0.29) is 5.56 Å². The minimum absolute atomic E-state index is 0.110. The van der Waals surface area contributed by atoms with E-state index in [0.29, 0.717) is 12.2 Å². The number of halogens is 1. The van der Waals surface area contributed by atoms with Gasteiger partial charge in [-0.2, -0.15) is 0 Å². The molecule has 0 spiro atoms. The molecule has 0 fully saturated rings. The van der Waals surface area contributed by atoms with Crippen molar-refractivity contribution in [2.75, 3.05) is 7.11 Å². The van der Waals surface area contributed by atoms with Crippen LogP contribution in [0.5, 0.6) is 5.75 Å². The predicted molar refractivity (Wildman–Crippen MR) is 79.3 cm³/mol. The number of carbonyl (C=O) groups is 1. The minimum Gasteiger partial charge on any atom is -0.496 e. The van der Waals surface area contributed by atoms with Crippen LogP contribution in [-0.4, -0.2) is 24.2 Å². The van der Waals surface area contributed by atoms with Gasteiger partial charge in [0, 0.05) is 6.42 Å². The molecule has 4 nitrogen and oxygen atoms in total. The highest BCUT2D eigenvalue weighted by molar-refractivity contribution is 5.97. The second kappa shape index (κ2) is 5.77. The van der Waals surface area contributed by atoms with Gasteiger partial charge < -0.3 is 15.2 Å². The lowest BCUT2D eigenvalue weighted by molar-refractivity contribution is 0.0855. The Bertz CT molecular complexity index is 717. The summed E-state index contributed by atoms with van der Waals surface area (Å²) in [5, 5.41) is 12.9. The summed E-state index contributed by atoms with van der Waals surface area (Å²) in [6, 6.07) is 10.8. The molecular formula is C17H16FNO3. The van der Waals surface area contributed by atoms with Crippen LogP contribution < -0.4 is 10.1 Å². The molecule has 2 atom stereocenters. The van der Waals surface area contributed by atoms with Crippen molar-refractivity contribution in [1.82, 2.24) is 5.32 Å². The Labute approximate surface area is 127 Å². The van der Waals surface area contributed by atoms with Crippen LogP contribution in [0.15, 0.2) is 42.5 Å². The molecule has 0 radical (unpaired) electrons. The topological polar surface area (TPSA) is 58.6 Å². The van der Waals surface area contributed by atoms with Gasteiger partial charge in [0.15, 0.2) is 0 Å². The van der Waals surface area contributed by atoms with E-state index in [1.807, 2.05) is 24.3 Å². The van der Waals surface area contributed by atoms with Crippen molar-refractivity contribution in [2.45, 2.75) is 18.6 Å². The van der Waals surface area contributed by atoms with Crippen LogP contribution in [0.4, 0.5) is 4.39 Å². The zero-order valence-electron chi connectivity index (χ0n) is 12.0. The SMILES string of the molecule is COc1ccc(F)cc1C(=O)N[C@H]1c2ccccc2C[C@@H]1O. The lowest BCUT2D eigenvalue weighted by Gasteiger charge is -2.19. The third-order valence-electron chi connectivity index (χ3n) is 3.90. The number of aliphatic hydroxyl groups is 1. The maximum atomic E-state index is 13.4. The van der Waals surface area contributed by atoms with Crippen molar-refractivity contribution in [3.63, 3.8) is 0 Å². The molecule has 2 aromatic rings. The number of carbonyl (C=O) groups excluding carboxylic acids is 1. The molecule has 1 aliphatic carbocycles. The highest BCUT2D eigenvalue weighted by Gasteiger charge is 2.32. The molecule has 1 aliphatic rings. The fourth-order valence-electron chi connectivity index (χ4n) is 2.82. The monoisotopic (exact) mass is 301 g/mol. The van der Waals surface area contributed by atoms with E-state index in [0.717, 1.165) is 17.2 Å². The molecule has 2 N–H and O–H groups in total. The van der Waals surface area contributed by atoms with Gasteiger partial charge in [-0.3, -0.25) is 4.79 Å². The molecule has 1 amide bonds. The van der Waals surface area contributed by atoms with Gasteiger partial charge in [0.2, 0.25) is 0 Å². The standard InChI is InChI=1S/C17H16FNO3/c1-22-15-7-6-11(18)9-13(15)17(21)19-16-12-5-3-2-4-10(12)8-14(16)20/h2-7,9,14,16,20H,8H2,1H3,(H,19,21)/t14-,16-/m0/s1. The number of aliphatic hydroxyl groups excluding tert-OH is 1. The molecule has 2 aromatic carbocycles. The van der Waals surface area contributed by atoms with Gasteiger partial charge in [0.25, 0.3) is 5.91 Å². The zero-order valence-corrected chi connectivity index (χ0v) is 12.0. The Morgan fingerprint density at radius 3 is 2.86 bits per heavy atom. The Morgan fingerprint density at radius 1 is 1.32 bits per heavy atom. The highest BCUT2D eigenvalue weighted by Crippen LogP contribution is 2.32. The predicted octanol–water partition coefficient (Wildman–Crippen LogP) is 2.22. The van der Waals surface area contributed by atoms with Crippen LogP contribution in [-0.2, 0) is 6.42 Å². The summed E-state index contributed by atoms with van der Waals surface area (Å²) in [6.45, 7) is 0.